The number of carboxylic acid groups (broad SMARTS) is 1. The van der Waals surface area contributed by atoms with E-state index >= 15 is 0 Å². The first kappa shape index (κ1) is 17.6. The highest BCUT2D eigenvalue weighted by atomic mass is 16.4. The van der Waals surface area contributed by atoms with Crippen LogP contribution in [0.15, 0.2) is 23.9 Å². The predicted molar refractivity (Wildman–Crippen MR) is 90.0 cm³/mol. The van der Waals surface area contributed by atoms with E-state index < -0.39 is 11.4 Å². The second-order valence-corrected chi connectivity index (χ2v) is 6.70. The van der Waals surface area contributed by atoms with E-state index in [1.165, 1.54) is 5.57 Å². The Kier molecular flexibility index (Phi) is 5.88. The van der Waals surface area contributed by atoms with Crippen LogP contribution in [-0.4, -0.2) is 39.0 Å². The van der Waals surface area contributed by atoms with E-state index in [1.807, 2.05) is 26.8 Å². The molecule has 0 bridgehead atoms. The molecular weight excluding hydrogens is 290 g/mol. The number of rotatable bonds is 6. The summed E-state index contributed by atoms with van der Waals surface area (Å²) in [6.45, 7) is 8.27. The van der Waals surface area contributed by atoms with E-state index in [2.05, 4.69) is 20.9 Å². The molecule has 0 aromatic carbocycles. The normalized spacial score (nSPS) is 21.9. The van der Waals surface area contributed by atoms with Crippen molar-refractivity contribution in [2.75, 3.05) is 13.1 Å². The van der Waals surface area contributed by atoms with E-state index in [1.54, 1.807) is 6.20 Å². The van der Waals surface area contributed by atoms with Gasteiger partial charge in [-0.15, -0.1) is 0 Å². The maximum absolute atomic E-state index is 11.9. The van der Waals surface area contributed by atoms with Crippen molar-refractivity contribution in [2.24, 2.45) is 5.41 Å². The minimum Gasteiger partial charge on any atom is -0.481 e. The number of hydrogen-bond donors (Lipinski definition) is 1. The summed E-state index contributed by atoms with van der Waals surface area (Å²) in [5.41, 5.74) is 1.47. The number of aryl methyl sites for hydroxylation is 1. The van der Waals surface area contributed by atoms with Gasteiger partial charge in [0.25, 0.3) is 0 Å². The lowest BCUT2D eigenvalue weighted by Gasteiger charge is -2.39. The van der Waals surface area contributed by atoms with Crippen LogP contribution in [0.4, 0.5) is 0 Å². The molecule has 0 spiro atoms. The van der Waals surface area contributed by atoms with Crippen LogP contribution in [0.1, 0.15) is 51.6 Å². The van der Waals surface area contributed by atoms with Gasteiger partial charge < -0.3 is 5.11 Å². The number of piperidine rings is 1. The number of aromatic nitrogens is 2. The molecule has 1 atom stereocenters. The molecule has 0 saturated carbocycles. The number of nitrogens with zero attached hydrogens (tertiary/aromatic N) is 3. The minimum atomic E-state index is -0.684. The van der Waals surface area contributed by atoms with Crippen LogP contribution in [0.25, 0.3) is 0 Å². The van der Waals surface area contributed by atoms with Crippen LogP contribution in [0.5, 0.6) is 0 Å². The lowest BCUT2D eigenvalue weighted by atomic mass is 9.76. The Morgan fingerprint density at radius 2 is 2.26 bits per heavy atom. The van der Waals surface area contributed by atoms with Crippen molar-refractivity contribution in [3.63, 3.8) is 0 Å². The standard InChI is InChI=1S/C18H27N3O2/c1-4-16-19-10-7-15(20-16)12-21-11-5-8-18(13-21,17(22)23)9-6-14(2)3/h6-7,10H,4-5,8-9,11-13H2,1-3H3,(H,22,23)/t18-/m1/s1. The first-order valence-corrected chi connectivity index (χ1v) is 8.35. The van der Waals surface area contributed by atoms with Crippen molar-refractivity contribution < 1.29 is 9.90 Å². The second-order valence-electron chi connectivity index (χ2n) is 6.70. The summed E-state index contributed by atoms with van der Waals surface area (Å²) in [5.74, 6) is 0.158. The summed E-state index contributed by atoms with van der Waals surface area (Å²) < 4.78 is 0. The van der Waals surface area contributed by atoms with Gasteiger partial charge >= 0.3 is 5.97 Å². The fourth-order valence-corrected chi connectivity index (χ4v) is 3.12. The molecule has 0 amide bonds. The highest BCUT2D eigenvalue weighted by molar-refractivity contribution is 5.75. The van der Waals surface area contributed by atoms with Crippen molar-refractivity contribution in [2.45, 2.75) is 53.0 Å². The zero-order chi connectivity index (χ0) is 16.9. The van der Waals surface area contributed by atoms with Gasteiger partial charge in [0.1, 0.15) is 5.82 Å². The van der Waals surface area contributed by atoms with Gasteiger partial charge in [0.2, 0.25) is 0 Å². The topological polar surface area (TPSA) is 66.3 Å². The quantitative estimate of drug-likeness (QED) is 0.817. The van der Waals surface area contributed by atoms with Gasteiger partial charge in [0, 0.05) is 25.7 Å². The van der Waals surface area contributed by atoms with Crippen molar-refractivity contribution >= 4 is 5.97 Å². The Hall–Kier alpha value is -1.75. The molecule has 5 heteroatoms. The molecule has 1 fully saturated rings. The van der Waals surface area contributed by atoms with Crippen LogP contribution >= 0.6 is 0 Å². The molecule has 1 saturated heterocycles. The van der Waals surface area contributed by atoms with Crippen LogP contribution in [0.3, 0.4) is 0 Å². The van der Waals surface area contributed by atoms with Gasteiger partial charge in [-0.3, -0.25) is 9.69 Å². The van der Waals surface area contributed by atoms with Gasteiger partial charge in [-0.25, -0.2) is 9.97 Å². The fourth-order valence-electron chi connectivity index (χ4n) is 3.12. The average molecular weight is 317 g/mol. The summed E-state index contributed by atoms with van der Waals surface area (Å²) >= 11 is 0. The smallest absolute Gasteiger partial charge is 0.311 e. The van der Waals surface area contributed by atoms with Crippen molar-refractivity contribution in [3.05, 3.63) is 35.4 Å². The Balaban J connectivity index is 2.11. The lowest BCUT2D eigenvalue weighted by Crippen LogP contribution is -2.47. The molecule has 0 radical (unpaired) electrons. The Labute approximate surface area is 138 Å². The number of carbonyl (C=O) groups is 1. The number of hydrogen-bond acceptors (Lipinski definition) is 4. The van der Waals surface area contributed by atoms with Crippen molar-refractivity contribution in [3.8, 4) is 0 Å². The summed E-state index contributed by atoms with van der Waals surface area (Å²) in [7, 11) is 0. The predicted octanol–water partition coefficient (Wildman–Crippen LogP) is 3.06. The zero-order valence-corrected chi connectivity index (χ0v) is 14.4. The molecule has 1 aliphatic rings. The van der Waals surface area contributed by atoms with Crippen LogP contribution in [-0.2, 0) is 17.8 Å². The molecular formula is C18H27N3O2. The van der Waals surface area contributed by atoms with Gasteiger partial charge in [0.15, 0.2) is 0 Å². The number of allylic oxidation sites excluding steroid dienone is 2. The first-order chi connectivity index (χ1) is 10.9. The number of likely N-dealkylation sites (tertiary alicyclic amines) is 1. The van der Waals surface area contributed by atoms with Crippen LogP contribution < -0.4 is 0 Å². The molecule has 0 unspecified atom stereocenters. The molecule has 1 aliphatic heterocycles. The average Bonchev–Trinajstić information content (AvgIpc) is 2.53. The van der Waals surface area contributed by atoms with Crippen molar-refractivity contribution in [1.29, 1.82) is 0 Å². The third kappa shape index (κ3) is 4.61. The molecule has 126 valence electrons. The summed E-state index contributed by atoms with van der Waals surface area (Å²) in [4.78, 5) is 22.9. The molecule has 2 rings (SSSR count). The maximum atomic E-state index is 11.9. The zero-order valence-electron chi connectivity index (χ0n) is 14.4. The Morgan fingerprint density at radius 3 is 2.91 bits per heavy atom. The largest absolute Gasteiger partial charge is 0.481 e. The molecule has 5 nitrogen and oxygen atoms in total. The van der Waals surface area contributed by atoms with E-state index in [9.17, 15) is 9.90 Å². The molecule has 0 aliphatic carbocycles. The summed E-state index contributed by atoms with van der Waals surface area (Å²) in [6.07, 6.45) is 6.91. The fraction of sp³-hybridized carbons (Fsp3) is 0.611. The van der Waals surface area contributed by atoms with Gasteiger partial charge in [-0.2, -0.15) is 0 Å². The van der Waals surface area contributed by atoms with Crippen LogP contribution in [0, 0.1) is 5.41 Å². The van der Waals surface area contributed by atoms with Gasteiger partial charge in [-0.1, -0.05) is 18.6 Å². The number of carboxylic acids is 1. The lowest BCUT2D eigenvalue weighted by molar-refractivity contribution is -0.152. The SMILES string of the molecule is CCc1nccc(CN2CCC[C@](CC=C(C)C)(C(=O)O)C2)n1. The Morgan fingerprint density at radius 1 is 1.48 bits per heavy atom. The van der Waals surface area contributed by atoms with Gasteiger partial charge in [-0.05, 0) is 45.7 Å². The molecule has 1 N–H and O–H groups in total. The van der Waals surface area contributed by atoms with E-state index in [4.69, 9.17) is 0 Å². The summed E-state index contributed by atoms with van der Waals surface area (Å²) in [5, 5.41) is 9.79. The van der Waals surface area contributed by atoms with Crippen LogP contribution in [0.2, 0.25) is 0 Å². The Bertz CT molecular complexity index is 581. The monoisotopic (exact) mass is 317 g/mol. The highest BCUT2D eigenvalue weighted by Crippen LogP contribution is 2.35. The third-order valence-electron chi connectivity index (χ3n) is 4.48. The highest BCUT2D eigenvalue weighted by Gasteiger charge is 2.41. The molecule has 1 aromatic rings. The van der Waals surface area contributed by atoms with E-state index in [0.29, 0.717) is 19.5 Å². The van der Waals surface area contributed by atoms with E-state index in [-0.39, 0.29) is 0 Å². The third-order valence-corrected chi connectivity index (χ3v) is 4.48. The first-order valence-electron chi connectivity index (χ1n) is 8.35. The van der Waals surface area contributed by atoms with Gasteiger partial charge in [0.05, 0.1) is 11.1 Å². The minimum absolute atomic E-state index is 0.581. The maximum Gasteiger partial charge on any atom is 0.311 e. The summed E-state index contributed by atoms with van der Waals surface area (Å²) in [6, 6.07) is 1.92. The van der Waals surface area contributed by atoms with E-state index in [0.717, 1.165) is 37.3 Å². The molecule has 23 heavy (non-hydrogen) atoms. The van der Waals surface area contributed by atoms with Crippen molar-refractivity contribution in [1.82, 2.24) is 14.9 Å². The molecule has 1 aromatic heterocycles. The number of aliphatic carboxylic acids is 1. The molecule has 2 heterocycles. The second kappa shape index (κ2) is 7.68.